The van der Waals surface area contributed by atoms with Crippen molar-refractivity contribution in [2.75, 3.05) is 11.9 Å². The minimum atomic E-state index is -0.255. The summed E-state index contributed by atoms with van der Waals surface area (Å²) in [5, 5.41) is 8.37. The molecule has 2 aromatic carbocycles. The number of pyridine rings is 1. The van der Waals surface area contributed by atoms with E-state index >= 15 is 0 Å². The van der Waals surface area contributed by atoms with Crippen LogP contribution in [0.5, 0.6) is 0 Å². The van der Waals surface area contributed by atoms with E-state index in [0.29, 0.717) is 16.7 Å². The fourth-order valence-corrected chi connectivity index (χ4v) is 5.44. The Labute approximate surface area is 230 Å². The summed E-state index contributed by atoms with van der Waals surface area (Å²) in [5.41, 5.74) is 2.77. The second-order valence-electron chi connectivity index (χ2n) is 8.70. The Bertz CT molecular complexity index is 1380. The Kier molecular flexibility index (Phi) is 7.79. The van der Waals surface area contributed by atoms with Crippen LogP contribution in [0.2, 0.25) is 5.02 Å². The van der Waals surface area contributed by atoms with Crippen LogP contribution in [-0.4, -0.2) is 27.4 Å². The summed E-state index contributed by atoms with van der Waals surface area (Å²) in [5.74, 6) is 0.670. The number of nitrogens with one attached hydrogen (secondary N) is 2. The molecular weight excluding hydrogens is 524 g/mol. The van der Waals surface area contributed by atoms with Crippen molar-refractivity contribution in [1.82, 2.24) is 15.2 Å². The maximum atomic E-state index is 12.7. The SMILES string of the molecule is Cc1ccc(NC(=O)CCN2C(=S)N[C@H](c3ccccn3)[C@H]2c2ccc(Sc3ccc(Cl)cc3)o2)cc1. The van der Waals surface area contributed by atoms with Gasteiger partial charge in [0.25, 0.3) is 0 Å². The van der Waals surface area contributed by atoms with Crippen LogP contribution in [-0.2, 0) is 4.79 Å². The standard InChI is InChI=1S/C28H25ClN4O2S2/c1-18-5-9-20(10-6-18)31-24(34)15-17-33-27(26(32-28(33)36)22-4-2-3-16-30-22)23-13-14-25(35-23)37-21-11-7-19(29)8-12-21/h2-14,16,26-27H,15,17H2,1H3,(H,31,34)(H,32,36)/t26-,27-/m1/s1. The van der Waals surface area contributed by atoms with Crippen molar-refractivity contribution in [1.29, 1.82) is 0 Å². The number of anilines is 1. The number of furan rings is 1. The molecule has 37 heavy (non-hydrogen) atoms. The number of carbonyl (C=O) groups is 1. The predicted molar refractivity (Wildman–Crippen MR) is 151 cm³/mol. The van der Waals surface area contributed by atoms with Crippen LogP contribution in [0.4, 0.5) is 5.69 Å². The van der Waals surface area contributed by atoms with Crippen molar-refractivity contribution in [2.24, 2.45) is 0 Å². The summed E-state index contributed by atoms with van der Waals surface area (Å²) in [7, 11) is 0. The van der Waals surface area contributed by atoms with Gasteiger partial charge in [0.2, 0.25) is 5.91 Å². The number of halogens is 1. The average molecular weight is 549 g/mol. The zero-order valence-electron chi connectivity index (χ0n) is 20.1. The Morgan fingerprint density at radius 3 is 2.62 bits per heavy atom. The number of thiocarbonyl (C=S) groups is 1. The van der Waals surface area contributed by atoms with Gasteiger partial charge in [-0.3, -0.25) is 9.78 Å². The summed E-state index contributed by atoms with van der Waals surface area (Å²) in [6.45, 7) is 2.44. The van der Waals surface area contributed by atoms with Crippen LogP contribution < -0.4 is 10.6 Å². The fraction of sp³-hybridized carbons (Fsp3) is 0.179. The summed E-state index contributed by atoms with van der Waals surface area (Å²) in [6, 6.07) is 24.6. The molecule has 3 heterocycles. The van der Waals surface area contributed by atoms with E-state index in [1.807, 2.05) is 90.7 Å². The van der Waals surface area contributed by atoms with E-state index < -0.39 is 0 Å². The number of aryl methyl sites for hydroxylation is 1. The minimum Gasteiger partial charge on any atom is -0.452 e. The molecule has 2 atom stereocenters. The van der Waals surface area contributed by atoms with Crippen LogP contribution in [0.3, 0.4) is 0 Å². The molecule has 1 aliphatic rings. The first-order valence-electron chi connectivity index (χ1n) is 11.8. The van der Waals surface area contributed by atoms with E-state index in [4.69, 9.17) is 28.2 Å². The molecule has 5 rings (SSSR count). The predicted octanol–water partition coefficient (Wildman–Crippen LogP) is 6.79. The molecule has 1 saturated heterocycles. The summed E-state index contributed by atoms with van der Waals surface area (Å²) >= 11 is 13.2. The Balaban J connectivity index is 1.35. The van der Waals surface area contributed by atoms with E-state index in [9.17, 15) is 4.79 Å². The minimum absolute atomic E-state index is 0.0786. The first-order valence-corrected chi connectivity index (χ1v) is 13.4. The number of nitrogens with zero attached hydrogens (tertiary/aromatic N) is 2. The number of rotatable bonds is 8. The normalized spacial score (nSPS) is 17.0. The first kappa shape index (κ1) is 25.3. The van der Waals surface area contributed by atoms with Gasteiger partial charge in [-0.1, -0.05) is 47.1 Å². The topological polar surface area (TPSA) is 70.4 Å². The van der Waals surface area contributed by atoms with Crippen molar-refractivity contribution in [3.05, 3.63) is 107 Å². The largest absolute Gasteiger partial charge is 0.452 e. The average Bonchev–Trinajstić information content (AvgIpc) is 3.49. The van der Waals surface area contributed by atoms with E-state index in [1.54, 1.807) is 6.20 Å². The van der Waals surface area contributed by atoms with Gasteiger partial charge in [0.1, 0.15) is 11.8 Å². The van der Waals surface area contributed by atoms with Gasteiger partial charge in [-0.25, -0.2) is 0 Å². The van der Waals surface area contributed by atoms with E-state index in [1.165, 1.54) is 11.8 Å². The Morgan fingerprint density at radius 2 is 1.89 bits per heavy atom. The molecule has 9 heteroatoms. The molecule has 0 unspecified atom stereocenters. The van der Waals surface area contributed by atoms with Crippen LogP contribution in [0.15, 0.2) is 99.5 Å². The van der Waals surface area contributed by atoms with Gasteiger partial charge in [0, 0.05) is 34.8 Å². The van der Waals surface area contributed by atoms with Crippen molar-refractivity contribution in [3.8, 4) is 0 Å². The lowest BCUT2D eigenvalue weighted by molar-refractivity contribution is -0.116. The molecule has 6 nitrogen and oxygen atoms in total. The van der Waals surface area contributed by atoms with Gasteiger partial charge in [0.05, 0.1) is 11.7 Å². The molecule has 188 valence electrons. The lowest BCUT2D eigenvalue weighted by Crippen LogP contribution is -2.32. The van der Waals surface area contributed by atoms with Crippen molar-refractivity contribution in [2.45, 2.75) is 35.4 Å². The first-order chi connectivity index (χ1) is 18.0. The zero-order valence-corrected chi connectivity index (χ0v) is 22.4. The van der Waals surface area contributed by atoms with Crippen LogP contribution in [0, 0.1) is 6.92 Å². The highest BCUT2D eigenvalue weighted by Crippen LogP contribution is 2.41. The molecule has 2 N–H and O–H groups in total. The second kappa shape index (κ2) is 11.4. The highest BCUT2D eigenvalue weighted by Gasteiger charge is 2.41. The van der Waals surface area contributed by atoms with Gasteiger partial charge >= 0.3 is 0 Å². The van der Waals surface area contributed by atoms with Gasteiger partial charge in [-0.2, -0.15) is 0 Å². The quantitative estimate of drug-likeness (QED) is 0.235. The number of hydrogen-bond acceptors (Lipinski definition) is 5. The highest BCUT2D eigenvalue weighted by atomic mass is 35.5. The molecule has 4 aromatic rings. The molecule has 1 fully saturated rings. The van der Waals surface area contributed by atoms with Gasteiger partial charge in [-0.15, -0.1) is 0 Å². The smallest absolute Gasteiger partial charge is 0.226 e. The highest BCUT2D eigenvalue weighted by molar-refractivity contribution is 7.99. The molecule has 0 bridgehead atoms. The van der Waals surface area contributed by atoms with Crippen molar-refractivity contribution in [3.63, 3.8) is 0 Å². The monoisotopic (exact) mass is 548 g/mol. The molecule has 1 amide bonds. The lowest BCUT2D eigenvalue weighted by Gasteiger charge is -2.25. The molecule has 2 aromatic heterocycles. The zero-order chi connectivity index (χ0) is 25.8. The number of aromatic nitrogens is 1. The number of amides is 1. The molecular formula is C28H25ClN4O2S2. The Hall–Kier alpha value is -3.33. The summed E-state index contributed by atoms with van der Waals surface area (Å²) in [4.78, 5) is 20.3. The second-order valence-corrected chi connectivity index (χ2v) is 10.6. The van der Waals surface area contributed by atoms with Crippen molar-refractivity contribution < 1.29 is 9.21 Å². The molecule has 0 spiro atoms. The number of carbonyl (C=O) groups excluding carboxylic acids is 1. The summed E-state index contributed by atoms with van der Waals surface area (Å²) in [6.07, 6.45) is 2.03. The van der Waals surface area contributed by atoms with E-state index in [0.717, 1.165) is 32.7 Å². The van der Waals surface area contributed by atoms with Gasteiger partial charge in [-0.05, 0) is 79.8 Å². The van der Waals surface area contributed by atoms with Gasteiger partial charge < -0.3 is 20.0 Å². The third-order valence-corrected chi connectivity index (χ3v) is 7.57. The van der Waals surface area contributed by atoms with Gasteiger partial charge in [0.15, 0.2) is 10.2 Å². The molecule has 0 radical (unpaired) electrons. The number of benzene rings is 2. The lowest BCUT2D eigenvalue weighted by atomic mass is 10.0. The Morgan fingerprint density at radius 1 is 1.11 bits per heavy atom. The molecule has 0 aliphatic carbocycles. The third kappa shape index (κ3) is 6.15. The fourth-order valence-electron chi connectivity index (χ4n) is 4.20. The number of hydrogen-bond donors (Lipinski definition) is 2. The summed E-state index contributed by atoms with van der Waals surface area (Å²) < 4.78 is 6.31. The van der Waals surface area contributed by atoms with E-state index in [2.05, 4.69) is 15.6 Å². The maximum Gasteiger partial charge on any atom is 0.226 e. The van der Waals surface area contributed by atoms with Crippen LogP contribution in [0.1, 0.15) is 35.5 Å². The van der Waals surface area contributed by atoms with E-state index in [-0.39, 0.29) is 24.4 Å². The van der Waals surface area contributed by atoms with Crippen molar-refractivity contribution >= 4 is 52.3 Å². The third-order valence-electron chi connectivity index (χ3n) is 6.04. The molecule has 0 saturated carbocycles. The maximum absolute atomic E-state index is 12.7. The molecule has 1 aliphatic heterocycles. The van der Waals surface area contributed by atoms with Crippen LogP contribution in [0.25, 0.3) is 0 Å². The van der Waals surface area contributed by atoms with Crippen LogP contribution >= 0.6 is 35.6 Å².